The van der Waals surface area contributed by atoms with Crippen molar-refractivity contribution in [2.24, 2.45) is 5.92 Å². The summed E-state index contributed by atoms with van der Waals surface area (Å²) in [5, 5.41) is 5.55. The quantitative estimate of drug-likeness (QED) is 0.796. The number of carbonyl (C=O) groups is 4. The molecule has 2 heterocycles. The molecule has 1 saturated heterocycles. The van der Waals surface area contributed by atoms with E-state index < -0.39 is 35.1 Å². The van der Waals surface area contributed by atoms with Crippen LogP contribution in [0.5, 0.6) is 0 Å². The van der Waals surface area contributed by atoms with Gasteiger partial charge in [0.1, 0.15) is 5.54 Å². The van der Waals surface area contributed by atoms with Crippen molar-refractivity contribution in [1.29, 1.82) is 0 Å². The molecule has 2 saturated carbocycles. The van der Waals surface area contributed by atoms with E-state index >= 15 is 0 Å². The fourth-order valence-electron chi connectivity index (χ4n) is 4.01. The average Bonchev–Trinajstić information content (AvgIpc) is 3.14. The van der Waals surface area contributed by atoms with E-state index in [-0.39, 0.29) is 6.42 Å². The van der Waals surface area contributed by atoms with E-state index in [0.29, 0.717) is 22.9 Å². The number of anilines is 1. The van der Waals surface area contributed by atoms with Gasteiger partial charge in [-0.25, -0.2) is 0 Å². The Balaban J connectivity index is 1.56. The third-order valence-corrected chi connectivity index (χ3v) is 5.66. The van der Waals surface area contributed by atoms with E-state index in [1.54, 1.807) is 18.2 Å². The van der Waals surface area contributed by atoms with Gasteiger partial charge in [-0.05, 0) is 37.8 Å². The Hall–Kier alpha value is -2.70. The van der Waals surface area contributed by atoms with Crippen molar-refractivity contribution < 1.29 is 19.2 Å². The van der Waals surface area contributed by atoms with Crippen molar-refractivity contribution in [2.45, 2.75) is 37.3 Å². The molecule has 4 amide bonds. The SMILES string of the molecule is O=C1NC(=O)C2(N3C(=O)c4cccc(NC5CCC5)c4C3=O)CC12. The zero-order chi connectivity index (χ0) is 16.6. The molecular weight excluding hydrogens is 310 g/mol. The highest BCUT2D eigenvalue weighted by Crippen LogP contribution is 2.55. The van der Waals surface area contributed by atoms with Crippen molar-refractivity contribution in [3.8, 4) is 0 Å². The number of rotatable bonds is 3. The number of hydrogen-bond donors (Lipinski definition) is 2. The largest absolute Gasteiger partial charge is 0.382 e. The first kappa shape index (κ1) is 13.7. The van der Waals surface area contributed by atoms with Gasteiger partial charge >= 0.3 is 0 Å². The molecule has 24 heavy (non-hydrogen) atoms. The van der Waals surface area contributed by atoms with E-state index in [2.05, 4.69) is 10.6 Å². The van der Waals surface area contributed by atoms with Gasteiger partial charge in [0.15, 0.2) is 0 Å². The second-order valence-electron chi connectivity index (χ2n) is 6.95. The molecule has 0 bridgehead atoms. The lowest BCUT2D eigenvalue weighted by Gasteiger charge is -2.28. The van der Waals surface area contributed by atoms with E-state index in [0.717, 1.165) is 24.2 Å². The summed E-state index contributed by atoms with van der Waals surface area (Å²) in [6.07, 6.45) is 3.46. The number of amides is 4. The Bertz CT molecular complexity index is 844. The highest BCUT2D eigenvalue weighted by atomic mass is 16.2. The molecule has 5 rings (SSSR count). The highest BCUT2D eigenvalue weighted by Gasteiger charge is 2.75. The van der Waals surface area contributed by atoms with E-state index in [9.17, 15) is 19.2 Å². The summed E-state index contributed by atoms with van der Waals surface area (Å²) in [5.41, 5.74) is -0.0488. The van der Waals surface area contributed by atoms with Gasteiger partial charge in [0.2, 0.25) is 5.91 Å². The standard InChI is InChI=1S/C17H15N3O4/c21-13-10-7-17(10,16(24)19-13)20-14(22)9-5-2-6-11(12(9)15(20)23)18-8-3-1-4-8/h2,5-6,8,10,18H,1,3-4,7H2,(H,19,21,24). The fraction of sp³-hybridized carbons (Fsp3) is 0.412. The minimum atomic E-state index is -1.31. The maximum absolute atomic E-state index is 13.0. The van der Waals surface area contributed by atoms with E-state index in [1.807, 2.05) is 0 Å². The number of fused-ring (bicyclic) bond motifs is 2. The van der Waals surface area contributed by atoms with Crippen molar-refractivity contribution in [1.82, 2.24) is 10.2 Å². The van der Waals surface area contributed by atoms with Crippen LogP contribution >= 0.6 is 0 Å². The van der Waals surface area contributed by atoms with Gasteiger partial charge in [-0.15, -0.1) is 0 Å². The van der Waals surface area contributed by atoms with Crippen LogP contribution < -0.4 is 10.6 Å². The van der Waals surface area contributed by atoms with E-state index in [4.69, 9.17) is 0 Å². The number of nitrogens with zero attached hydrogens (tertiary/aromatic N) is 1. The second-order valence-corrected chi connectivity index (χ2v) is 6.95. The van der Waals surface area contributed by atoms with Crippen molar-refractivity contribution in [3.63, 3.8) is 0 Å². The number of carbonyl (C=O) groups excluding carboxylic acids is 4. The third-order valence-electron chi connectivity index (χ3n) is 5.66. The normalized spacial score (nSPS) is 30.8. The van der Waals surface area contributed by atoms with Gasteiger partial charge < -0.3 is 5.32 Å². The number of piperidine rings is 1. The molecule has 1 aromatic rings. The molecule has 122 valence electrons. The molecular formula is C17H15N3O4. The maximum Gasteiger partial charge on any atom is 0.264 e. The van der Waals surface area contributed by atoms with Gasteiger partial charge in [0, 0.05) is 11.7 Å². The van der Waals surface area contributed by atoms with Crippen molar-refractivity contribution >= 4 is 29.3 Å². The topological polar surface area (TPSA) is 95.6 Å². The van der Waals surface area contributed by atoms with Gasteiger partial charge in [0.25, 0.3) is 17.7 Å². The molecule has 1 aromatic carbocycles. The summed E-state index contributed by atoms with van der Waals surface area (Å²) in [5.74, 6) is -2.51. The monoisotopic (exact) mass is 325 g/mol. The summed E-state index contributed by atoms with van der Waals surface area (Å²) in [7, 11) is 0. The van der Waals surface area contributed by atoms with Crippen LogP contribution in [-0.4, -0.2) is 40.1 Å². The first-order chi connectivity index (χ1) is 11.5. The lowest BCUT2D eigenvalue weighted by molar-refractivity contribution is -0.128. The molecule has 2 aliphatic carbocycles. The molecule has 7 nitrogen and oxygen atoms in total. The second kappa shape index (κ2) is 4.23. The molecule has 0 radical (unpaired) electrons. The Kier molecular flexibility index (Phi) is 2.41. The van der Waals surface area contributed by atoms with Crippen LogP contribution in [-0.2, 0) is 9.59 Å². The average molecular weight is 325 g/mol. The Morgan fingerprint density at radius 2 is 1.92 bits per heavy atom. The predicted octanol–water partition coefficient (Wildman–Crippen LogP) is 0.662. The molecule has 7 heteroatoms. The zero-order valence-corrected chi connectivity index (χ0v) is 12.8. The first-order valence-electron chi connectivity index (χ1n) is 8.18. The molecule has 3 fully saturated rings. The molecule has 2 N–H and O–H groups in total. The predicted molar refractivity (Wildman–Crippen MR) is 82.2 cm³/mol. The molecule has 0 aromatic heterocycles. The van der Waals surface area contributed by atoms with Gasteiger partial charge in [-0.3, -0.25) is 29.4 Å². The lowest BCUT2D eigenvalue weighted by Crippen LogP contribution is -2.49. The van der Waals surface area contributed by atoms with Crippen LogP contribution in [0.15, 0.2) is 18.2 Å². The number of benzene rings is 1. The molecule has 2 aliphatic heterocycles. The molecule has 4 aliphatic rings. The van der Waals surface area contributed by atoms with Crippen LogP contribution in [0, 0.1) is 5.92 Å². The first-order valence-corrected chi connectivity index (χ1v) is 8.18. The van der Waals surface area contributed by atoms with Crippen LogP contribution in [0.4, 0.5) is 5.69 Å². The van der Waals surface area contributed by atoms with Gasteiger partial charge in [0.05, 0.1) is 17.0 Å². The highest BCUT2D eigenvalue weighted by molar-refractivity contribution is 6.28. The van der Waals surface area contributed by atoms with E-state index in [1.165, 1.54) is 0 Å². The number of hydrogen-bond acceptors (Lipinski definition) is 5. The summed E-state index contributed by atoms with van der Waals surface area (Å²) in [6.45, 7) is 0. The Morgan fingerprint density at radius 3 is 2.50 bits per heavy atom. The summed E-state index contributed by atoms with van der Waals surface area (Å²) >= 11 is 0. The summed E-state index contributed by atoms with van der Waals surface area (Å²) < 4.78 is 0. The zero-order valence-electron chi connectivity index (χ0n) is 12.8. The van der Waals surface area contributed by atoms with Crippen molar-refractivity contribution in [2.75, 3.05) is 5.32 Å². The Labute approximate surface area is 137 Å². The van der Waals surface area contributed by atoms with Gasteiger partial charge in [-0.1, -0.05) is 6.07 Å². The van der Waals surface area contributed by atoms with Crippen LogP contribution in [0.1, 0.15) is 46.4 Å². The summed E-state index contributed by atoms with van der Waals surface area (Å²) in [4.78, 5) is 50.7. The summed E-state index contributed by atoms with van der Waals surface area (Å²) in [6, 6.07) is 5.44. The minimum Gasteiger partial charge on any atom is -0.382 e. The number of imide groups is 2. The molecule has 2 atom stereocenters. The molecule has 0 spiro atoms. The smallest absolute Gasteiger partial charge is 0.264 e. The lowest BCUT2D eigenvalue weighted by atomic mass is 9.92. The minimum absolute atomic E-state index is 0.231. The third kappa shape index (κ3) is 1.47. The maximum atomic E-state index is 13.0. The van der Waals surface area contributed by atoms with Crippen LogP contribution in [0.2, 0.25) is 0 Å². The fourth-order valence-corrected chi connectivity index (χ4v) is 4.01. The van der Waals surface area contributed by atoms with Gasteiger partial charge in [-0.2, -0.15) is 0 Å². The molecule has 2 unspecified atom stereocenters. The number of nitrogens with one attached hydrogen (secondary N) is 2. The Morgan fingerprint density at radius 1 is 1.12 bits per heavy atom. The van der Waals surface area contributed by atoms with Crippen LogP contribution in [0.3, 0.4) is 0 Å². The van der Waals surface area contributed by atoms with Crippen LogP contribution in [0.25, 0.3) is 0 Å². The van der Waals surface area contributed by atoms with Crippen molar-refractivity contribution in [3.05, 3.63) is 29.3 Å².